The molecule has 0 fully saturated rings. The summed E-state index contributed by atoms with van der Waals surface area (Å²) >= 11 is 0. The number of carbonyl (C=O) groups excluding carboxylic acids is 2. The van der Waals surface area contributed by atoms with E-state index in [0.717, 1.165) is 5.56 Å². The molecule has 0 heterocycles. The Morgan fingerprint density at radius 2 is 1.96 bits per heavy atom. The summed E-state index contributed by atoms with van der Waals surface area (Å²) in [7, 11) is 1.32. The third kappa shape index (κ3) is 7.07. The van der Waals surface area contributed by atoms with E-state index in [-0.39, 0.29) is 31.5 Å². The fourth-order valence-corrected chi connectivity index (χ4v) is 2.48. The van der Waals surface area contributed by atoms with E-state index >= 15 is 0 Å². The normalized spacial score (nSPS) is 14.7. The van der Waals surface area contributed by atoms with Crippen molar-refractivity contribution in [1.82, 2.24) is 0 Å². The number of hydrogen-bond donors (Lipinski definition) is 2. The molecule has 0 unspecified atom stereocenters. The van der Waals surface area contributed by atoms with E-state index in [1.54, 1.807) is 13.0 Å². The first-order chi connectivity index (χ1) is 12.0. The molecule has 3 N–H and O–H groups in total. The van der Waals surface area contributed by atoms with Gasteiger partial charge in [0.2, 0.25) is 0 Å². The summed E-state index contributed by atoms with van der Waals surface area (Å²) in [5.74, 6) is -1.66. The molecule has 0 radical (unpaired) electrons. The molecule has 138 valence electrons. The molecule has 0 aromatic heterocycles. The van der Waals surface area contributed by atoms with Gasteiger partial charge in [-0.2, -0.15) is 0 Å². The van der Waals surface area contributed by atoms with Gasteiger partial charge >= 0.3 is 11.9 Å². The molecule has 0 saturated heterocycles. The van der Waals surface area contributed by atoms with Gasteiger partial charge in [-0.1, -0.05) is 49.4 Å². The highest BCUT2D eigenvalue weighted by molar-refractivity contribution is 5.75. The van der Waals surface area contributed by atoms with Crippen molar-refractivity contribution in [3.05, 3.63) is 48.0 Å². The fraction of sp³-hybridized carbons (Fsp3) is 0.474. The monoisotopic (exact) mass is 349 g/mol. The Morgan fingerprint density at radius 1 is 1.28 bits per heavy atom. The highest BCUT2D eigenvalue weighted by Gasteiger charge is 2.31. The maximum absolute atomic E-state index is 12.3. The predicted octanol–water partition coefficient (Wildman–Crippen LogP) is 1.78. The second kappa shape index (κ2) is 11.4. The van der Waals surface area contributed by atoms with Gasteiger partial charge in [-0.3, -0.25) is 9.59 Å². The highest BCUT2D eigenvalue weighted by atomic mass is 16.5. The molecule has 1 aromatic rings. The van der Waals surface area contributed by atoms with Crippen molar-refractivity contribution in [2.45, 2.75) is 31.7 Å². The summed E-state index contributed by atoms with van der Waals surface area (Å²) in [6.45, 7) is 1.50. The Bertz CT molecular complexity index is 558. The molecular formula is C19H27NO5. The van der Waals surface area contributed by atoms with Crippen molar-refractivity contribution in [2.24, 2.45) is 11.7 Å². The predicted molar refractivity (Wildman–Crippen MR) is 94.8 cm³/mol. The van der Waals surface area contributed by atoms with Crippen LogP contribution in [0.5, 0.6) is 0 Å². The number of methoxy groups -OCH3 is 1. The maximum Gasteiger partial charge on any atom is 0.312 e. The zero-order valence-electron chi connectivity index (χ0n) is 14.8. The number of esters is 2. The minimum absolute atomic E-state index is 0.0429. The molecule has 0 bridgehead atoms. The zero-order chi connectivity index (χ0) is 18.7. The molecule has 0 saturated carbocycles. The summed E-state index contributed by atoms with van der Waals surface area (Å²) in [6, 6.07) is 9.05. The SMILES string of the molecule is CCC(=O)OC[C@H](C(=O)OC)[C@H](C/C=C/[C@@H](N)CO)c1ccccc1. The highest BCUT2D eigenvalue weighted by Crippen LogP contribution is 2.30. The van der Waals surface area contributed by atoms with Gasteiger partial charge in [0.1, 0.15) is 6.61 Å². The van der Waals surface area contributed by atoms with E-state index in [9.17, 15) is 9.59 Å². The van der Waals surface area contributed by atoms with Crippen molar-refractivity contribution >= 4 is 11.9 Å². The Balaban J connectivity index is 3.03. The van der Waals surface area contributed by atoms with Gasteiger partial charge in [0.25, 0.3) is 0 Å². The smallest absolute Gasteiger partial charge is 0.312 e. The molecule has 1 rings (SSSR count). The van der Waals surface area contributed by atoms with E-state index in [1.165, 1.54) is 7.11 Å². The van der Waals surface area contributed by atoms with Crippen molar-refractivity contribution in [3.8, 4) is 0 Å². The number of aliphatic hydroxyl groups is 1. The van der Waals surface area contributed by atoms with Gasteiger partial charge < -0.3 is 20.3 Å². The molecule has 3 atom stereocenters. The van der Waals surface area contributed by atoms with Gasteiger partial charge in [-0.15, -0.1) is 0 Å². The van der Waals surface area contributed by atoms with E-state index in [1.807, 2.05) is 36.4 Å². The van der Waals surface area contributed by atoms with Crippen LogP contribution in [0.1, 0.15) is 31.2 Å². The average molecular weight is 349 g/mol. The van der Waals surface area contributed by atoms with Crippen LogP contribution in [-0.2, 0) is 19.1 Å². The fourth-order valence-electron chi connectivity index (χ4n) is 2.48. The topological polar surface area (TPSA) is 98.9 Å². The lowest BCUT2D eigenvalue weighted by molar-refractivity contribution is -0.153. The van der Waals surface area contributed by atoms with Crippen LogP contribution in [-0.4, -0.2) is 43.4 Å². The largest absolute Gasteiger partial charge is 0.469 e. The van der Waals surface area contributed by atoms with Crippen LogP contribution in [0.3, 0.4) is 0 Å². The van der Waals surface area contributed by atoms with Crippen molar-refractivity contribution in [2.75, 3.05) is 20.3 Å². The third-order valence-corrected chi connectivity index (χ3v) is 3.91. The molecule has 0 aliphatic carbocycles. The van der Waals surface area contributed by atoms with E-state index in [4.69, 9.17) is 20.3 Å². The third-order valence-electron chi connectivity index (χ3n) is 3.91. The molecule has 0 aliphatic heterocycles. The van der Waals surface area contributed by atoms with Gasteiger partial charge in [0.15, 0.2) is 0 Å². The number of hydrogen-bond acceptors (Lipinski definition) is 6. The molecule has 6 nitrogen and oxygen atoms in total. The average Bonchev–Trinajstić information content (AvgIpc) is 2.66. The van der Waals surface area contributed by atoms with Gasteiger partial charge in [0.05, 0.1) is 19.6 Å². The molecule has 0 spiro atoms. The maximum atomic E-state index is 12.3. The van der Waals surface area contributed by atoms with Crippen LogP contribution in [0.4, 0.5) is 0 Å². The second-order valence-corrected chi connectivity index (χ2v) is 5.69. The van der Waals surface area contributed by atoms with Crippen LogP contribution in [0.2, 0.25) is 0 Å². The molecule has 25 heavy (non-hydrogen) atoms. The van der Waals surface area contributed by atoms with Crippen molar-refractivity contribution < 1.29 is 24.2 Å². The minimum Gasteiger partial charge on any atom is -0.469 e. The number of nitrogens with two attached hydrogens (primary N) is 1. The summed E-state index contributed by atoms with van der Waals surface area (Å²) in [4.78, 5) is 23.8. The lowest BCUT2D eigenvalue weighted by Gasteiger charge is -2.24. The molecule has 0 aliphatic rings. The number of ether oxygens (including phenoxy) is 2. The first kappa shape index (κ1) is 20.9. The van der Waals surface area contributed by atoms with Crippen LogP contribution in [0, 0.1) is 5.92 Å². The summed E-state index contributed by atoms with van der Waals surface area (Å²) < 4.78 is 10.1. The number of benzene rings is 1. The number of carbonyl (C=O) groups is 2. The first-order valence-electron chi connectivity index (χ1n) is 8.34. The minimum atomic E-state index is -0.627. The van der Waals surface area contributed by atoms with Crippen molar-refractivity contribution in [3.63, 3.8) is 0 Å². The standard InChI is InChI=1S/C19H27NO5/c1-3-18(22)25-13-17(19(23)24-2)16(11-7-10-15(20)12-21)14-8-5-4-6-9-14/h4-10,15-17,21H,3,11-13,20H2,1-2H3/b10-7+/t15-,16-,17+/m1/s1. The van der Waals surface area contributed by atoms with Crippen LogP contribution >= 0.6 is 0 Å². The Hall–Kier alpha value is -2.18. The molecule has 1 aromatic carbocycles. The number of aliphatic hydroxyl groups excluding tert-OH is 1. The van der Waals surface area contributed by atoms with Gasteiger partial charge in [0, 0.05) is 18.4 Å². The van der Waals surface area contributed by atoms with Crippen molar-refractivity contribution in [1.29, 1.82) is 0 Å². The van der Waals surface area contributed by atoms with E-state index < -0.39 is 17.9 Å². The number of allylic oxidation sites excluding steroid dienone is 1. The Morgan fingerprint density at radius 3 is 2.52 bits per heavy atom. The van der Waals surface area contributed by atoms with E-state index in [2.05, 4.69) is 0 Å². The summed E-state index contributed by atoms with van der Waals surface area (Å²) in [6.07, 6.45) is 4.27. The Kier molecular flexibility index (Phi) is 9.50. The molecule has 6 heteroatoms. The van der Waals surface area contributed by atoms with E-state index in [0.29, 0.717) is 6.42 Å². The zero-order valence-corrected chi connectivity index (χ0v) is 14.8. The lowest BCUT2D eigenvalue weighted by atomic mass is 9.83. The second-order valence-electron chi connectivity index (χ2n) is 5.69. The summed E-state index contributed by atoms with van der Waals surface area (Å²) in [5.41, 5.74) is 6.62. The Labute approximate surface area is 148 Å². The number of rotatable bonds is 10. The first-order valence-corrected chi connectivity index (χ1v) is 8.34. The summed E-state index contributed by atoms with van der Waals surface area (Å²) in [5, 5.41) is 9.02. The lowest BCUT2D eigenvalue weighted by Crippen LogP contribution is -2.29. The molecular weight excluding hydrogens is 322 g/mol. The van der Waals surface area contributed by atoms with Crippen LogP contribution in [0.25, 0.3) is 0 Å². The van der Waals surface area contributed by atoms with Crippen LogP contribution < -0.4 is 5.73 Å². The van der Waals surface area contributed by atoms with Crippen LogP contribution in [0.15, 0.2) is 42.5 Å². The quantitative estimate of drug-likeness (QED) is 0.493. The van der Waals surface area contributed by atoms with Gasteiger partial charge in [-0.05, 0) is 12.0 Å². The molecule has 0 amide bonds. The van der Waals surface area contributed by atoms with Gasteiger partial charge in [-0.25, -0.2) is 0 Å².